The van der Waals surface area contributed by atoms with Crippen LogP contribution in [0.25, 0.3) is 0 Å². The Morgan fingerprint density at radius 2 is 1.54 bits per heavy atom. The maximum Gasteiger partial charge on any atom is 0.251 e. The van der Waals surface area contributed by atoms with Crippen LogP contribution in [0.2, 0.25) is 0 Å². The van der Waals surface area contributed by atoms with Crippen LogP contribution < -0.4 is 5.32 Å². The maximum absolute atomic E-state index is 12.2. The van der Waals surface area contributed by atoms with Crippen LogP contribution in [0.4, 0.5) is 0 Å². The van der Waals surface area contributed by atoms with Crippen molar-refractivity contribution in [2.24, 2.45) is 0 Å². The number of hydrogen-bond acceptors (Lipinski definition) is 5. The van der Waals surface area contributed by atoms with Gasteiger partial charge in [-0.1, -0.05) is 0 Å². The normalized spacial score (nSPS) is 11.7. The molecule has 9 heteroatoms. The molecule has 0 aliphatic heterocycles. The van der Waals surface area contributed by atoms with Gasteiger partial charge < -0.3 is 15.1 Å². The smallest absolute Gasteiger partial charge is 0.251 e. The van der Waals surface area contributed by atoms with Crippen molar-refractivity contribution in [3.63, 3.8) is 0 Å². The fraction of sp³-hybridized carbons (Fsp3) is 0.529. The number of carbonyl (C=O) groups is 2. The Morgan fingerprint density at radius 3 is 2.00 bits per heavy atom. The lowest BCUT2D eigenvalue weighted by Crippen LogP contribution is -2.40. The standard InChI is InChI=1S/C17H28N4O4S/c1-14(22)21(13-12-19(2)3)11-10-18-17(23)15-6-8-16(9-7-15)26(24,25)20(4)5/h6-9H,10-13H2,1-5H3,(H,18,23). The van der Waals surface area contributed by atoms with E-state index in [9.17, 15) is 18.0 Å². The molecule has 0 spiro atoms. The van der Waals surface area contributed by atoms with E-state index in [1.54, 1.807) is 4.90 Å². The molecule has 146 valence electrons. The fourth-order valence-electron chi connectivity index (χ4n) is 2.14. The molecule has 1 aromatic carbocycles. The summed E-state index contributed by atoms with van der Waals surface area (Å²) >= 11 is 0. The van der Waals surface area contributed by atoms with Crippen molar-refractivity contribution in [2.45, 2.75) is 11.8 Å². The minimum Gasteiger partial charge on any atom is -0.350 e. The Kier molecular flexibility index (Phi) is 8.19. The van der Waals surface area contributed by atoms with E-state index < -0.39 is 10.0 Å². The van der Waals surface area contributed by atoms with E-state index in [2.05, 4.69) is 5.32 Å². The van der Waals surface area contributed by atoms with Gasteiger partial charge in [-0.05, 0) is 38.4 Å². The van der Waals surface area contributed by atoms with Gasteiger partial charge in [0.15, 0.2) is 0 Å². The van der Waals surface area contributed by atoms with Gasteiger partial charge >= 0.3 is 0 Å². The number of hydrogen-bond donors (Lipinski definition) is 1. The highest BCUT2D eigenvalue weighted by Gasteiger charge is 2.17. The van der Waals surface area contributed by atoms with E-state index >= 15 is 0 Å². The largest absolute Gasteiger partial charge is 0.350 e. The lowest BCUT2D eigenvalue weighted by molar-refractivity contribution is -0.128. The molecular weight excluding hydrogens is 356 g/mol. The summed E-state index contributed by atoms with van der Waals surface area (Å²) in [6.45, 7) is 3.58. The molecule has 0 heterocycles. The van der Waals surface area contributed by atoms with Gasteiger partial charge in [-0.2, -0.15) is 0 Å². The second kappa shape index (κ2) is 9.65. The SMILES string of the molecule is CC(=O)N(CCNC(=O)c1ccc(S(=O)(=O)N(C)C)cc1)CCN(C)C. The van der Waals surface area contributed by atoms with Crippen LogP contribution in [-0.4, -0.2) is 88.7 Å². The van der Waals surface area contributed by atoms with E-state index in [0.717, 1.165) is 10.8 Å². The maximum atomic E-state index is 12.2. The summed E-state index contributed by atoms with van der Waals surface area (Å²) in [7, 11) is 3.25. The first kappa shape index (κ1) is 22.1. The Morgan fingerprint density at radius 1 is 0.962 bits per heavy atom. The van der Waals surface area contributed by atoms with Crippen LogP contribution in [0.1, 0.15) is 17.3 Å². The van der Waals surface area contributed by atoms with Crippen molar-refractivity contribution in [1.82, 2.24) is 19.4 Å². The van der Waals surface area contributed by atoms with Crippen LogP contribution in [0, 0.1) is 0 Å². The zero-order valence-corrected chi connectivity index (χ0v) is 16.8. The molecule has 26 heavy (non-hydrogen) atoms. The molecule has 0 aliphatic rings. The van der Waals surface area contributed by atoms with Gasteiger partial charge in [0.2, 0.25) is 15.9 Å². The highest BCUT2D eigenvalue weighted by atomic mass is 32.2. The molecule has 0 saturated heterocycles. The molecule has 8 nitrogen and oxygen atoms in total. The molecule has 1 aromatic rings. The van der Waals surface area contributed by atoms with Gasteiger partial charge in [0, 0.05) is 52.8 Å². The van der Waals surface area contributed by atoms with Crippen LogP contribution in [-0.2, 0) is 14.8 Å². The van der Waals surface area contributed by atoms with Crippen molar-refractivity contribution in [3.8, 4) is 0 Å². The second-order valence-electron chi connectivity index (χ2n) is 6.38. The fourth-order valence-corrected chi connectivity index (χ4v) is 3.04. The number of rotatable bonds is 9. The molecular formula is C17H28N4O4S. The molecule has 0 fully saturated rings. The van der Waals surface area contributed by atoms with Crippen molar-refractivity contribution in [3.05, 3.63) is 29.8 Å². The molecule has 0 aliphatic carbocycles. The lowest BCUT2D eigenvalue weighted by Gasteiger charge is -2.23. The number of nitrogens with zero attached hydrogens (tertiary/aromatic N) is 3. The summed E-state index contributed by atoms with van der Waals surface area (Å²) in [5, 5.41) is 2.75. The monoisotopic (exact) mass is 384 g/mol. The number of amides is 2. The van der Waals surface area contributed by atoms with E-state index in [1.807, 2.05) is 19.0 Å². The summed E-state index contributed by atoms with van der Waals surface area (Å²) in [5.74, 6) is -0.353. The van der Waals surface area contributed by atoms with Gasteiger partial charge in [0.05, 0.1) is 4.90 Å². The first-order valence-electron chi connectivity index (χ1n) is 8.26. The number of nitrogens with one attached hydrogen (secondary N) is 1. The Balaban J connectivity index is 2.61. The lowest BCUT2D eigenvalue weighted by atomic mass is 10.2. The number of sulfonamides is 1. The van der Waals surface area contributed by atoms with Crippen molar-refractivity contribution < 1.29 is 18.0 Å². The van der Waals surface area contributed by atoms with E-state index in [4.69, 9.17) is 0 Å². The third-order valence-corrected chi connectivity index (χ3v) is 5.65. The summed E-state index contributed by atoms with van der Waals surface area (Å²) in [5.41, 5.74) is 0.366. The van der Waals surface area contributed by atoms with Crippen LogP contribution >= 0.6 is 0 Å². The van der Waals surface area contributed by atoms with E-state index in [1.165, 1.54) is 45.3 Å². The predicted octanol–water partition coefficient (Wildman–Crippen LogP) is 0.0768. The van der Waals surface area contributed by atoms with Gasteiger partial charge in [-0.25, -0.2) is 12.7 Å². The van der Waals surface area contributed by atoms with E-state index in [0.29, 0.717) is 25.2 Å². The minimum absolute atomic E-state index is 0.0423. The highest BCUT2D eigenvalue weighted by Crippen LogP contribution is 2.13. The van der Waals surface area contributed by atoms with Gasteiger partial charge in [-0.15, -0.1) is 0 Å². The molecule has 2 amide bonds. The molecule has 1 N–H and O–H groups in total. The summed E-state index contributed by atoms with van der Waals surface area (Å²) in [4.78, 5) is 27.6. The first-order valence-corrected chi connectivity index (χ1v) is 9.70. The minimum atomic E-state index is -3.52. The number of carbonyl (C=O) groups excluding carboxylic acids is 2. The van der Waals surface area contributed by atoms with Crippen LogP contribution in [0.5, 0.6) is 0 Å². The number of likely N-dealkylation sites (N-methyl/N-ethyl adjacent to an activating group) is 1. The molecule has 0 saturated carbocycles. The molecule has 0 aromatic heterocycles. The Hall–Kier alpha value is -1.97. The Labute approximate surface area is 155 Å². The average Bonchev–Trinajstić information content (AvgIpc) is 2.57. The summed E-state index contributed by atoms with van der Waals surface area (Å²) in [6.07, 6.45) is 0. The quantitative estimate of drug-likeness (QED) is 0.651. The second-order valence-corrected chi connectivity index (χ2v) is 8.53. The first-order chi connectivity index (χ1) is 12.1. The van der Waals surface area contributed by atoms with Gasteiger partial charge in [0.25, 0.3) is 5.91 Å². The molecule has 0 radical (unpaired) electrons. The van der Waals surface area contributed by atoms with Crippen molar-refractivity contribution in [1.29, 1.82) is 0 Å². The number of benzene rings is 1. The zero-order valence-electron chi connectivity index (χ0n) is 16.0. The Bertz CT molecular complexity index is 715. The van der Waals surface area contributed by atoms with Crippen LogP contribution in [0.3, 0.4) is 0 Å². The van der Waals surface area contributed by atoms with Gasteiger partial charge in [0.1, 0.15) is 0 Å². The van der Waals surface area contributed by atoms with Crippen LogP contribution in [0.15, 0.2) is 29.2 Å². The molecule has 0 atom stereocenters. The molecule has 0 bridgehead atoms. The zero-order chi connectivity index (χ0) is 19.9. The predicted molar refractivity (Wildman–Crippen MR) is 100 cm³/mol. The third kappa shape index (κ3) is 6.40. The van der Waals surface area contributed by atoms with Gasteiger partial charge in [-0.3, -0.25) is 9.59 Å². The summed E-state index contributed by atoms with van der Waals surface area (Å²) in [6, 6.07) is 5.76. The van der Waals surface area contributed by atoms with Crippen molar-refractivity contribution in [2.75, 3.05) is 54.4 Å². The molecule has 0 unspecified atom stereocenters. The van der Waals surface area contributed by atoms with Crippen molar-refractivity contribution >= 4 is 21.8 Å². The third-order valence-electron chi connectivity index (χ3n) is 3.82. The highest BCUT2D eigenvalue weighted by molar-refractivity contribution is 7.89. The van der Waals surface area contributed by atoms with E-state index in [-0.39, 0.29) is 16.7 Å². The molecule has 1 rings (SSSR count). The summed E-state index contributed by atoms with van der Waals surface area (Å²) < 4.78 is 25.2. The topological polar surface area (TPSA) is 90.0 Å². The average molecular weight is 385 g/mol.